The molecule has 2 aromatic rings. The Balaban J connectivity index is 0.00000288. The third-order valence-electron chi connectivity index (χ3n) is 3.37. The molecule has 0 heterocycles. The Morgan fingerprint density at radius 2 is 1.75 bits per heavy atom. The minimum Gasteiger partial charge on any atom is -0.481 e. The zero-order valence-corrected chi connectivity index (χ0v) is 14.8. The lowest BCUT2D eigenvalue weighted by Gasteiger charge is -2.16. The van der Waals surface area contributed by atoms with Gasteiger partial charge in [0.25, 0.3) is 0 Å². The fourth-order valence-electron chi connectivity index (χ4n) is 2.33. The average Bonchev–Trinajstić information content (AvgIpc) is 2.40. The van der Waals surface area contributed by atoms with Crippen molar-refractivity contribution < 1.29 is 18.7 Å². The van der Waals surface area contributed by atoms with E-state index in [2.05, 4.69) is 0 Å². The van der Waals surface area contributed by atoms with Crippen LogP contribution >= 0.6 is 35.6 Å². The molecular weight excluding hydrogens is 383 g/mol. The largest absolute Gasteiger partial charge is 0.481 e. The first kappa shape index (κ1) is 20.6. The second kappa shape index (κ2) is 8.12. The number of aryl methyl sites for hydroxylation is 1. The van der Waals surface area contributed by atoms with Crippen LogP contribution in [0.4, 0.5) is 8.78 Å². The Morgan fingerprint density at radius 1 is 1.21 bits per heavy atom. The molecule has 2 rings (SSSR count). The number of hydrogen-bond acceptors (Lipinski definition) is 2. The molecule has 3 N–H and O–H groups in total. The van der Waals surface area contributed by atoms with E-state index in [0.29, 0.717) is 11.1 Å². The molecule has 0 spiro atoms. The Morgan fingerprint density at radius 3 is 2.25 bits per heavy atom. The maximum atomic E-state index is 14.3. The maximum Gasteiger partial charge on any atom is 0.305 e. The number of hydrogen-bond donors (Lipinski definition) is 2. The van der Waals surface area contributed by atoms with E-state index >= 15 is 0 Å². The molecule has 0 aliphatic rings. The summed E-state index contributed by atoms with van der Waals surface area (Å²) in [5.41, 5.74) is 6.84. The predicted molar refractivity (Wildman–Crippen MR) is 93.0 cm³/mol. The number of carbonyl (C=O) groups is 1. The quantitative estimate of drug-likeness (QED) is 0.752. The molecule has 24 heavy (non-hydrogen) atoms. The maximum absolute atomic E-state index is 14.3. The molecule has 0 radical (unpaired) electrons. The van der Waals surface area contributed by atoms with Crippen LogP contribution in [0.3, 0.4) is 0 Å². The molecule has 8 heteroatoms. The summed E-state index contributed by atoms with van der Waals surface area (Å²) in [7, 11) is 0. The first-order valence-corrected chi connectivity index (χ1v) is 7.38. The molecule has 0 saturated carbocycles. The Hall–Kier alpha value is -1.40. The molecule has 2 aromatic carbocycles. The highest BCUT2D eigenvalue weighted by atomic mass is 35.5. The molecule has 1 unspecified atom stereocenters. The summed E-state index contributed by atoms with van der Waals surface area (Å²) in [6, 6.07) is 4.05. The molecule has 0 saturated heterocycles. The summed E-state index contributed by atoms with van der Waals surface area (Å²) in [5.74, 6) is -2.32. The molecule has 0 aliphatic heterocycles. The number of rotatable bonds is 4. The van der Waals surface area contributed by atoms with E-state index in [-0.39, 0.29) is 33.6 Å². The van der Waals surface area contributed by atoms with Gasteiger partial charge in [0.15, 0.2) is 0 Å². The highest BCUT2D eigenvalue weighted by molar-refractivity contribution is 6.39. The van der Waals surface area contributed by atoms with Gasteiger partial charge in [-0.2, -0.15) is 0 Å². The van der Waals surface area contributed by atoms with Crippen molar-refractivity contribution in [3.05, 3.63) is 57.1 Å². The highest BCUT2D eigenvalue weighted by Gasteiger charge is 2.20. The van der Waals surface area contributed by atoms with E-state index in [9.17, 15) is 13.6 Å². The van der Waals surface area contributed by atoms with Gasteiger partial charge in [0, 0.05) is 17.2 Å². The standard InChI is InChI=1S/C16H13Cl2F2NO2.ClH/c1-7-2-8(15-11(17)4-9(19)5-12(15)18)3-10(16(7)20)13(21)6-14(22)23;/h2-5,13H,6,21H2,1H3,(H,22,23);1H. The highest BCUT2D eigenvalue weighted by Crippen LogP contribution is 2.38. The van der Waals surface area contributed by atoms with Crippen molar-refractivity contribution in [3.63, 3.8) is 0 Å². The van der Waals surface area contributed by atoms with Crippen molar-refractivity contribution >= 4 is 41.6 Å². The summed E-state index contributed by atoms with van der Waals surface area (Å²) in [4.78, 5) is 10.8. The number of aliphatic carboxylic acids is 1. The normalized spacial score (nSPS) is 11.8. The summed E-state index contributed by atoms with van der Waals surface area (Å²) in [6.45, 7) is 1.52. The molecular formula is C16H14Cl3F2NO2. The molecule has 0 aromatic heterocycles. The molecule has 1 atom stereocenters. The van der Waals surface area contributed by atoms with Gasteiger partial charge in [-0.15, -0.1) is 12.4 Å². The Labute approximate surface area is 153 Å². The van der Waals surface area contributed by atoms with Crippen LogP contribution in [-0.4, -0.2) is 11.1 Å². The number of benzene rings is 2. The summed E-state index contributed by atoms with van der Waals surface area (Å²) >= 11 is 12.1. The van der Waals surface area contributed by atoms with Gasteiger partial charge in [-0.05, 0) is 42.3 Å². The van der Waals surface area contributed by atoms with Gasteiger partial charge in [0.1, 0.15) is 11.6 Å². The van der Waals surface area contributed by atoms with Crippen LogP contribution in [-0.2, 0) is 4.79 Å². The zero-order valence-electron chi connectivity index (χ0n) is 12.4. The van der Waals surface area contributed by atoms with Gasteiger partial charge >= 0.3 is 5.97 Å². The third kappa shape index (κ3) is 4.36. The van der Waals surface area contributed by atoms with E-state index in [4.69, 9.17) is 34.0 Å². The van der Waals surface area contributed by atoms with Crippen LogP contribution in [0.1, 0.15) is 23.6 Å². The molecule has 0 bridgehead atoms. The minimum atomic E-state index is -1.14. The van der Waals surface area contributed by atoms with Crippen LogP contribution in [0.5, 0.6) is 0 Å². The van der Waals surface area contributed by atoms with Crippen molar-refractivity contribution in [2.24, 2.45) is 5.73 Å². The van der Waals surface area contributed by atoms with E-state index < -0.39 is 30.1 Å². The van der Waals surface area contributed by atoms with E-state index in [0.717, 1.165) is 12.1 Å². The summed E-state index contributed by atoms with van der Waals surface area (Å²) in [6.07, 6.45) is -0.426. The zero-order chi connectivity index (χ0) is 17.3. The molecule has 130 valence electrons. The van der Waals surface area contributed by atoms with Gasteiger partial charge in [0.05, 0.1) is 16.5 Å². The van der Waals surface area contributed by atoms with Gasteiger partial charge in [0.2, 0.25) is 0 Å². The Bertz CT molecular complexity index is 761. The van der Waals surface area contributed by atoms with E-state index in [1.54, 1.807) is 0 Å². The van der Waals surface area contributed by atoms with Crippen molar-refractivity contribution in [1.29, 1.82) is 0 Å². The van der Waals surface area contributed by atoms with Crippen LogP contribution < -0.4 is 5.73 Å². The number of halogens is 5. The monoisotopic (exact) mass is 395 g/mol. The first-order valence-electron chi connectivity index (χ1n) is 6.63. The third-order valence-corrected chi connectivity index (χ3v) is 3.97. The lowest BCUT2D eigenvalue weighted by molar-refractivity contribution is -0.137. The van der Waals surface area contributed by atoms with Crippen LogP contribution in [0.2, 0.25) is 10.0 Å². The van der Waals surface area contributed by atoms with Gasteiger partial charge in [-0.3, -0.25) is 4.79 Å². The fourth-order valence-corrected chi connectivity index (χ4v) is 3.01. The lowest BCUT2D eigenvalue weighted by atomic mass is 9.95. The van der Waals surface area contributed by atoms with Crippen molar-refractivity contribution in [3.8, 4) is 11.1 Å². The second-order valence-corrected chi connectivity index (χ2v) is 5.96. The van der Waals surface area contributed by atoms with Crippen LogP contribution in [0, 0.1) is 18.6 Å². The minimum absolute atomic E-state index is 0. The van der Waals surface area contributed by atoms with Crippen molar-refractivity contribution in [2.75, 3.05) is 0 Å². The van der Waals surface area contributed by atoms with Crippen LogP contribution in [0.25, 0.3) is 11.1 Å². The summed E-state index contributed by atoms with van der Waals surface area (Å²) in [5, 5.41) is 8.96. The van der Waals surface area contributed by atoms with Crippen molar-refractivity contribution in [2.45, 2.75) is 19.4 Å². The number of nitrogens with two attached hydrogens (primary N) is 1. The number of carboxylic acid groups (broad SMARTS) is 1. The van der Waals surface area contributed by atoms with Gasteiger partial charge in [-0.25, -0.2) is 8.78 Å². The number of carboxylic acids is 1. The smallest absolute Gasteiger partial charge is 0.305 e. The van der Waals surface area contributed by atoms with Crippen LogP contribution in [0.15, 0.2) is 24.3 Å². The fraction of sp³-hybridized carbons (Fsp3) is 0.188. The van der Waals surface area contributed by atoms with E-state index in [1.807, 2.05) is 0 Å². The lowest BCUT2D eigenvalue weighted by Crippen LogP contribution is -2.17. The second-order valence-electron chi connectivity index (χ2n) is 5.15. The summed E-state index contributed by atoms with van der Waals surface area (Å²) < 4.78 is 27.6. The van der Waals surface area contributed by atoms with E-state index in [1.165, 1.54) is 19.1 Å². The molecule has 3 nitrogen and oxygen atoms in total. The van der Waals surface area contributed by atoms with Crippen molar-refractivity contribution in [1.82, 2.24) is 0 Å². The average molecular weight is 397 g/mol. The topological polar surface area (TPSA) is 63.3 Å². The van der Waals surface area contributed by atoms with Gasteiger partial charge < -0.3 is 10.8 Å². The molecule has 0 aliphatic carbocycles. The molecule has 0 fully saturated rings. The first-order chi connectivity index (χ1) is 10.7. The Kier molecular flexibility index (Phi) is 6.98. The SMILES string of the molecule is Cc1cc(-c2c(Cl)cc(F)cc2Cl)cc(C(N)CC(=O)O)c1F.Cl. The van der Waals surface area contributed by atoms with Gasteiger partial charge in [-0.1, -0.05) is 23.2 Å². The predicted octanol–water partition coefficient (Wildman–Crippen LogP) is 5.14. The molecule has 0 amide bonds.